The molecule has 1 heterocycles. The van der Waals surface area contributed by atoms with Crippen molar-refractivity contribution in [1.29, 1.82) is 0 Å². The van der Waals surface area contributed by atoms with Crippen LogP contribution in [-0.4, -0.2) is 20.0 Å². The average Bonchev–Trinajstić information content (AvgIpc) is 3.10. The first-order chi connectivity index (χ1) is 12.0. The molecule has 4 heteroatoms. The van der Waals surface area contributed by atoms with Crippen LogP contribution in [0.5, 0.6) is 0 Å². The maximum atomic E-state index is 11.5. The summed E-state index contributed by atoms with van der Waals surface area (Å²) in [6.07, 6.45) is 5.57. The van der Waals surface area contributed by atoms with Crippen molar-refractivity contribution in [2.24, 2.45) is 11.7 Å². The molecule has 1 aliphatic heterocycles. The van der Waals surface area contributed by atoms with Gasteiger partial charge in [-0.05, 0) is 53.8 Å². The van der Waals surface area contributed by atoms with Crippen LogP contribution in [0.15, 0.2) is 54.6 Å². The Balaban J connectivity index is 1.71. The van der Waals surface area contributed by atoms with Crippen LogP contribution in [0.25, 0.3) is 0 Å². The van der Waals surface area contributed by atoms with E-state index in [9.17, 15) is 4.79 Å². The summed E-state index contributed by atoms with van der Waals surface area (Å²) in [5, 5.41) is 3.69. The zero-order chi connectivity index (χ0) is 17.6. The topological polar surface area (TPSA) is 58.4 Å². The van der Waals surface area contributed by atoms with Crippen LogP contribution >= 0.6 is 0 Å². The van der Waals surface area contributed by atoms with Crippen molar-refractivity contribution in [2.75, 3.05) is 24.3 Å². The van der Waals surface area contributed by atoms with Gasteiger partial charge in [0, 0.05) is 37.0 Å². The summed E-state index contributed by atoms with van der Waals surface area (Å²) in [5.41, 5.74) is 10.8. The van der Waals surface area contributed by atoms with Gasteiger partial charge in [0.25, 0.3) is 0 Å². The number of nitrogens with zero attached hydrogens (tertiary/aromatic N) is 1. The number of hydrogen-bond donors (Lipinski definition) is 2. The number of primary amides is 1. The maximum Gasteiger partial charge on any atom is 0.248 e. The molecule has 25 heavy (non-hydrogen) atoms. The van der Waals surface area contributed by atoms with Gasteiger partial charge in [0.2, 0.25) is 5.91 Å². The van der Waals surface area contributed by atoms with Crippen LogP contribution in [0, 0.1) is 5.92 Å². The van der Waals surface area contributed by atoms with Gasteiger partial charge in [-0.25, -0.2) is 0 Å². The summed E-state index contributed by atoms with van der Waals surface area (Å²) in [4.78, 5) is 13.6. The molecule has 3 unspecified atom stereocenters. The number of nitrogens with two attached hydrogens (primary N) is 1. The summed E-state index contributed by atoms with van der Waals surface area (Å²) in [6, 6.07) is 14.8. The van der Waals surface area contributed by atoms with E-state index >= 15 is 0 Å². The van der Waals surface area contributed by atoms with Crippen molar-refractivity contribution in [3.63, 3.8) is 0 Å². The van der Waals surface area contributed by atoms with Crippen molar-refractivity contribution in [3.8, 4) is 0 Å². The molecule has 0 aromatic heterocycles. The molecule has 128 valence electrons. The molecule has 2 aliphatic rings. The van der Waals surface area contributed by atoms with Gasteiger partial charge in [-0.2, -0.15) is 0 Å². The monoisotopic (exact) mass is 333 g/mol. The zero-order valence-electron chi connectivity index (χ0n) is 14.6. The van der Waals surface area contributed by atoms with Crippen LogP contribution < -0.4 is 16.0 Å². The van der Waals surface area contributed by atoms with Crippen molar-refractivity contribution >= 4 is 17.3 Å². The van der Waals surface area contributed by atoms with Crippen LogP contribution in [-0.2, 0) is 0 Å². The highest BCUT2D eigenvalue weighted by atomic mass is 16.1. The summed E-state index contributed by atoms with van der Waals surface area (Å²) >= 11 is 0. The maximum absolute atomic E-state index is 11.5. The van der Waals surface area contributed by atoms with E-state index < -0.39 is 0 Å². The van der Waals surface area contributed by atoms with Crippen molar-refractivity contribution in [3.05, 3.63) is 71.3 Å². The van der Waals surface area contributed by atoms with Crippen LogP contribution in [0.1, 0.15) is 39.9 Å². The van der Waals surface area contributed by atoms with E-state index in [1.165, 1.54) is 16.8 Å². The molecule has 0 bridgehead atoms. The molecule has 2 aromatic carbocycles. The number of fused-ring (bicyclic) bond motifs is 3. The molecule has 0 saturated heterocycles. The van der Waals surface area contributed by atoms with E-state index in [1.54, 1.807) is 6.07 Å². The fraction of sp³-hybridized carbons (Fsp3) is 0.286. The fourth-order valence-corrected chi connectivity index (χ4v) is 4.06. The highest BCUT2D eigenvalue weighted by molar-refractivity contribution is 5.93. The van der Waals surface area contributed by atoms with Crippen LogP contribution in [0.3, 0.4) is 0 Å². The molecule has 1 amide bonds. The largest absolute Gasteiger partial charge is 0.378 e. The molecule has 0 fully saturated rings. The third-order valence-corrected chi connectivity index (χ3v) is 5.42. The first-order valence-corrected chi connectivity index (χ1v) is 8.69. The number of nitrogens with one attached hydrogen (secondary N) is 1. The Morgan fingerprint density at radius 1 is 1.16 bits per heavy atom. The molecule has 3 atom stereocenters. The second-order valence-electron chi connectivity index (χ2n) is 7.13. The smallest absolute Gasteiger partial charge is 0.248 e. The van der Waals surface area contributed by atoms with Crippen LogP contribution in [0.2, 0.25) is 0 Å². The van der Waals surface area contributed by atoms with E-state index in [0.717, 1.165) is 12.1 Å². The predicted octanol–water partition coefficient (Wildman–Crippen LogP) is 3.68. The van der Waals surface area contributed by atoms with E-state index in [2.05, 4.69) is 60.7 Å². The Labute approximate surface area is 148 Å². The Kier molecular flexibility index (Phi) is 3.75. The first kappa shape index (κ1) is 15.8. The molecule has 0 spiro atoms. The molecule has 0 radical (unpaired) electrons. The number of benzene rings is 2. The minimum absolute atomic E-state index is 0.267. The Morgan fingerprint density at radius 2 is 1.92 bits per heavy atom. The Bertz CT molecular complexity index is 839. The quantitative estimate of drug-likeness (QED) is 0.843. The zero-order valence-corrected chi connectivity index (χ0v) is 14.6. The number of amides is 1. The van der Waals surface area contributed by atoms with E-state index in [0.29, 0.717) is 17.4 Å². The Morgan fingerprint density at radius 3 is 2.60 bits per heavy atom. The van der Waals surface area contributed by atoms with Gasteiger partial charge >= 0.3 is 0 Å². The number of hydrogen-bond acceptors (Lipinski definition) is 3. The third-order valence-electron chi connectivity index (χ3n) is 5.42. The fourth-order valence-electron chi connectivity index (χ4n) is 4.06. The molecule has 1 aliphatic carbocycles. The van der Waals surface area contributed by atoms with Crippen molar-refractivity contribution in [1.82, 2.24) is 0 Å². The molecule has 4 rings (SSSR count). The molecular formula is C21H23N3O. The van der Waals surface area contributed by atoms with Gasteiger partial charge in [0.15, 0.2) is 0 Å². The lowest BCUT2D eigenvalue weighted by Gasteiger charge is -2.37. The van der Waals surface area contributed by atoms with Gasteiger partial charge in [0.1, 0.15) is 0 Å². The lowest BCUT2D eigenvalue weighted by molar-refractivity contribution is 0.1000. The number of carbonyl (C=O) groups is 1. The van der Waals surface area contributed by atoms with Gasteiger partial charge < -0.3 is 16.0 Å². The number of anilines is 2. The Hall–Kier alpha value is -2.75. The minimum Gasteiger partial charge on any atom is -0.378 e. The minimum atomic E-state index is -0.372. The highest BCUT2D eigenvalue weighted by Gasteiger charge is 2.38. The predicted molar refractivity (Wildman–Crippen MR) is 102 cm³/mol. The standard InChI is InChI=1S/C21H23N3O/c1-24(2)15-9-6-13(7-10-15)20-17-5-3-4-16(17)18-12-14(21(22)25)8-11-19(18)23-20/h3-4,6-12,16-17,20,23H,5H2,1-2H3,(H2,22,25). The van der Waals surface area contributed by atoms with Crippen molar-refractivity contribution in [2.45, 2.75) is 18.4 Å². The third kappa shape index (κ3) is 2.68. The molecule has 0 saturated carbocycles. The van der Waals surface area contributed by atoms with Gasteiger partial charge in [-0.3, -0.25) is 4.79 Å². The van der Waals surface area contributed by atoms with Gasteiger partial charge in [-0.1, -0.05) is 24.3 Å². The first-order valence-electron chi connectivity index (χ1n) is 8.69. The molecule has 2 aromatic rings. The second kappa shape index (κ2) is 5.96. The molecule has 3 N–H and O–H groups in total. The SMILES string of the molecule is CN(C)c1ccc(C2Nc3ccc(C(N)=O)cc3C3C=CCC32)cc1. The lowest BCUT2D eigenvalue weighted by atomic mass is 9.76. The number of allylic oxidation sites excluding steroid dienone is 2. The highest BCUT2D eigenvalue weighted by Crippen LogP contribution is 2.50. The normalized spacial score (nSPS) is 23.5. The van der Waals surface area contributed by atoms with Gasteiger partial charge in [-0.15, -0.1) is 0 Å². The second-order valence-corrected chi connectivity index (χ2v) is 7.13. The summed E-state index contributed by atoms with van der Waals surface area (Å²) in [5.74, 6) is 0.414. The van der Waals surface area contributed by atoms with Crippen molar-refractivity contribution < 1.29 is 4.79 Å². The summed E-state index contributed by atoms with van der Waals surface area (Å²) < 4.78 is 0. The number of carbonyl (C=O) groups excluding carboxylic acids is 1. The summed E-state index contributed by atoms with van der Waals surface area (Å²) in [6.45, 7) is 0. The van der Waals surface area contributed by atoms with E-state index in [4.69, 9.17) is 5.73 Å². The average molecular weight is 333 g/mol. The number of rotatable bonds is 3. The lowest BCUT2D eigenvalue weighted by Crippen LogP contribution is -2.29. The van der Waals surface area contributed by atoms with Gasteiger partial charge in [0.05, 0.1) is 6.04 Å². The van der Waals surface area contributed by atoms with E-state index in [1.807, 2.05) is 12.1 Å². The van der Waals surface area contributed by atoms with Crippen LogP contribution in [0.4, 0.5) is 11.4 Å². The van der Waals surface area contributed by atoms with E-state index in [-0.39, 0.29) is 11.9 Å². The molecular weight excluding hydrogens is 310 g/mol. The summed E-state index contributed by atoms with van der Waals surface area (Å²) in [7, 11) is 4.11. The molecule has 4 nitrogen and oxygen atoms in total.